The minimum Gasteiger partial charge on any atom is -0.492 e. The van der Waals surface area contributed by atoms with Crippen LogP contribution in [0.15, 0.2) is 24.3 Å². The van der Waals surface area contributed by atoms with E-state index in [2.05, 4.69) is 62.2 Å². The second kappa shape index (κ2) is 6.59. The molecular formula is C17H28N2O. The van der Waals surface area contributed by atoms with Crippen LogP contribution in [0.4, 0.5) is 0 Å². The molecule has 1 heterocycles. The molecule has 20 heavy (non-hydrogen) atoms. The van der Waals surface area contributed by atoms with E-state index in [4.69, 9.17) is 4.74 Å². The van der Waals surface area contributed by atoms with E-state index in [1.807, 2.05) is 0 Å². The van der Waals surface area contributed by atoms with Gasteiger partial charge in [0, 0.05) is 32.2 Å². The summed E-state index contributed by atoms with van der Waals surface area (Å²) in [5.74, 6) is 0.973. The summed E-state index contributed by atoms with van der Waals surface area (Å²) >= 11 is 0. The van der Waals surface area contributed by atoms with Gasteiger partial charge in [0.25, 0.3) is 0 Å². The maximum Gasteiger partial charge on any atom is 0.119 e. The van der Waals surface area contributed by atoms with Crippen molar-refractivity contribution in [1.29, 1.82) is 0 Å². The Bertz CT molecular complexity index is 408. The molecule has 3 nitrogen and oxygen atoms in total. The fraction of sp³-hybridized carbons (Fsp3) is 0.647. The van der Waals surface area contributed by atoms with Crippen molar-refractivity contribution in [2.24, 2.45) is 0 Å². The van der Waals surface area contributed by atoms with Crippen molar-refractivity contribution < 1.29 is 4.74 Å². The number of benzene rings is 1. The Morgan fingerprint density at radius 2 is 1.95 bits per heavy atom. The summed E-state index contributed by atoms with van der Waals surface area (Å²) in [4.78, 5) is 2.46. The molecule has 1 aromatic carbocycles. The zero-order valence-corrected chi connectivity index (χ0v) is 13.3. The summed E-state index contributed by atoms with van der Waals surface area (Å²) in [7, 11) is 0. The smallest absolute Gasteiger partial charge is 0.119 e. The van der Waals surface area contributed by atoms with Crippen molar-refractivity contribution in [1.82, 2.24) is 10.2 Å². The summed E-state index contributed by atoms with van der Waals surface area (Å²) in [5, 5.41) is 3.46. The second-order valence-corrected chi connectivity index (χ2v) is 6.78. The van der Waals surface area contributed by atoms with Gasteiger partial charge in [-0.2, -0.15) is 0 Å². The first-order valence-electron chi connectivity index (χ1n) is 7.64. The van der Waals surface area contributed by atoms with E-state index in [-0.39, 0.29) is 5.41 Å². The number of hydrogen-bond acceptors (Lipinski definition) is 3. The van der Waals surface area contributed by atoms with Crippen LogP contribution in [0.25, 0.3) is 0 Å². The van der Waals surface area contributed by atoms with Crippen LogP contribution >= 0.6 is 0 Å². The largest absolute Gasteiger partial charge is 0.492 e. The highest BCUT2D eigenvalue weighted by atomic mass is 16.5. The zero-order valence-electron chi connectivity index (χ0n) is 13.3. The lowest BCUT2D eigenvalue weighted by Crippen LogP contribution is -2.50. The maximum absolute atomic E-state index is 5.85. The molecule has 1 N–H and O–H groups in total. The van der Waals surface area contributed by atoms with Gasteiger partial charge in [-0.15, -0.1) is 0 Å². The first kappa shape index (κ1) is 15.3. The average Bonchev–Trinajstić information content (AvgIpc) is 2.38. The number of nitrogens with zero attached hydrogens (tertiary/aromatic N) is 1. The molecule has 0 radical (unpaired) electrons. The first-order chi connectivity index (χ1) is 9.45. The van der Waals surface area contributed by atoms with Crippen LogP contribution in [-0.4, -0.2) is 43.7 Å². The molecule has 1 atom stereocenters. The van der Waals surface area contributed by atoms with Crippen molar-refractivity contribution in [3.8, 4) is 5.75 Å². The maximum atomic E-state index is 5.85. The van der Waals surface area contributed by atoms with Crippen molar-refractivity contribution >= 4 is 0 Å². The quantitative estimate of drug-likeness (QED) is 0.915. The summed E-state index contributed by atoms with van der Waals surface area (Å²) in [6.07, 6.45) is 0. The molecule has 2 rings (SSSR count). The number of hydrogen-bond donors (Lipinski definition) is 1. The molecule has 0 bridgehead atoms. The number of rotatable bonds is 4. The van der Waals surface area contributed by atoms with Crippen LogP contribution in [0.2, 0.25) is 0 Å². The highest BCUT2D eigenvalue weighted by Gasteiger charge is 2.15. The van der Waals surface area contributed by atoms with Crippen molar-refractivity contribution in [3.05, 3.63) is 29.8 Å². The van der Waals surface area contributed by atoms with Crippen LogP contribution in [0.3, 0.4) is 0 Å². The van der Waals surface area contributed by atoms with E-state index in [1.54, 1.807) is 0 Å². The van der Waals surface area contributed by atoms with Crippen LogP contribution in [0.5, 0.6) is 5.75 Å². The average molecular weight is 276 g/mol. The van der Waals surface area contributed by atoms with Crippen LogP contribution in [0.1, 0.15) is 33.3 Å². The normalized spacial score (nSPS) is 20.9. The molecular weight excluding hydrogens is 248 g/mol. The number of nitrogens with one attached hydrogen (secondary N) is 1. The third kappa shape index (κ3) is 4.50. The van der Waals surface area contributed by atoms with Gasteiger partial charge in [0.15, 0.2) is 0 Å². The van der Waals surface area contributed by atoms with Crippen molar-refractivity contribution in [2.75, 3.05) is 32.8 Å². The monoisotopic (exact) mass is 276 g/mol. The lowest BCUT2D eigenvalue weighted by atomic mass is 9.87. The molecule has 0 spiro atoms. The molecule has 0 aliphatic carbocycles. The molecule has 1 unspecified atom stereocenters. The Morgan fingerprint density at radius 1 is 1.25 bits per heavy atom. The van der Waals surface area contributed by atoms with Gasteiger partial charge in [0.2, 0.25) is 0 Å². The minimum absolute atomic E-state index is 0.204. The predicted octanol–water partition coefficient (Wildman–Crippen LogP) is 2.66. The first-order valence-corrected chi connectivity index (χ1v) is 7.64. The van der Waals surface area contributed by atoms with E-state index in [0.717, 1.165) is 38.5 Å². The van der Waals surface area contributed by atoms with Crippen LogP contribution < -0.4 is 10.1 Å². The Labute approximate surface area is 123 Å². The second-order valence-electron chi connectivity index (χ2n) is 6.78. The van der Waals surface area contributed by atoms with E-state index >= 15 is 0 Å². The molecule has 1 aromatic rings. The molecule has 1 aliphatic rings. The number of ether oxygens (including phenoxy) is 1. The van der Waals surface area contributed by atoms with E-state index < -0.39 is 0 Å². The molecule has 1 saturated heterocycles. The van der Waals surface area contributed by atoms with Gasteiger partial charge in [-0.05, 0) is 30.0 Å². The molecule has 3 heteroatoms. The van der Waals surface area contributed by atoms with Crippen molar-refractivity contribution in [3.63, 3.8) is 0 Å². The van der Waals surface area contributed by atoms with Gasteiger partial charge in [-0.25, -0.2) is 0 Å². The molecule has 1 aliphatic heterocycles. The van der Waals surface area contributed by atoms with Gasteiger partial charge < -0.3 is 10.1 Å². The third-order valence-electron chi connectivity index (χ3n) is 3.85. The molecule has 1 fully saturated rings. The zero-order chi connectivity index (χ0) is 14.6. The van der Waals surface area contributed by atoms with E-state index in [1.165, 1.54) is 5.56 Å². The topological polar surface area (TPSA) is 24.5 Å². The summed E-state index contributed by atoms with van der Waals surface area (Å²) in [6.45, 7) is 14.0. The standard InChI is InChI=1S/C17H28N2O/c1-14-13-19(10-9-18-14)11-12-20-16-7-5-15(6-8-16)17(2,3)4/h5-8,14,18H,9-13H2,1-4H3. The lowest BCUT2D eigenvalue weighted by molar-refractivity contribution is 0.170. The fourth-order valence-corrected chi connectivity index (χ4v) is 2.56. The van der Waals surface area contributed by atoms with Gasteiger partial charge in [-0.3, -0.25) is 4.90 Å². The van der Waals surface area contributed by atoms with Gasteiger partial charge >= 0.3 is 0 Å². The number of piperazine rings is 1. The van der Waals surface area contributed by atoms with E-state index in [9.17, 15) is 0 Å². The van der Waals surface area contributed by atoms with Gasteiger partial charge in [0.1, 0.15) is 12.4 Å². The Hall–Kier alpha value is -1.06. The Kier molecular flexibility index (Phi) is 5.06. The SMILES string of the molecule is CC1CN(CCOc2ccc(C(C)(C)C)cc2)CCN1. The van der Waals surface area contributed by atoms with Crippen LogP contribution in [0, 0.1) is 0 Å². The Balaban J connectivity index is 1.77. The molecule has 0 amide bonds. The van der Waals surface area contributed by atoms with E-state index in [0.29, 0.717) is 6.04 Å². The highest BCUT2D eigenvalue weighted by Crippen LogP contribution is 2.24. The minimum atomic E-state index is 0.204. The van der Waals surface area contributed by atoms with Crippen molar-refractivity contribution in [2.45, 2.75) is 39.2 Å². The summed E-state index contributed by atoms with van der Waals surface area (Å²) in [5.41, 5.74) is 1.55. The van der Waals surface area contributed by atoms with Gasteiger partial charge in [0.05, 0.1) is 0 Å². The summed E-state index contributed by atoms with van der Waals surface area (Å²) < 4.78 is 5.85. The Morgan fingerprint density at radius 3 is 2.55 bits per heavy atom. The lowest BCUT2D eigenvalue weighted by Gasteiger charge is -2.31. The highest BCUT2D eigenvalue weighted by molar-refractivity contribution is 5.31. The molecule has 112 valence electrons. The van der Waals surface area contributed by atoms with Gasteiger partial charge in [-0.1, -0.05) is 32.9 Å². The molecule has 0 aromatic heterocycles. The summed E-state index contributed by atoms with van der Waals surface area (Å²) in [6, 6.07) is 9.10. The fourth-order valence-electron chi connectivity index (χ4n) is 2.56. The molecule has 0 saturated carbocycles. The predicted molar refractivity (Wildman–Crippen MR) is 84.5 cm³/mol. The third-order valence-corrected chi connectivity index (χ3v) is 3.85. The van der Waals surface area contributed by atoms with Crippen LogP contribution in [-0.2, 0) is 5.41 Å².